The molecule has 0 aromatic rings. The minimum Gasteiger partial charge on any atom is -0.313 e. The highest BCUT2D eigenvalue weighted by Crippen LogP contribution is 2.20. The van der Waals surface area contributed by atoms with Crippen molar-refractivity contribution in [2.75, 3.05) is 13.1 Å². The molecule has 0 aromatic carbocycles. The Kier molecular flexibility index (Phi) is 2.66. The molecule has 0 spiro atoms. The highest BCUT2D eigenvalue weighted by atomic mass is 19.1. The summed E-state index contributed by atoms with van der Waals surface area (Å²) in [4.78, 5) is 0. The molecule has 0 saturated carbocycles. The van der Waals surface area contributed by atoms with E-state index in [2.05, 4.69) is 19.2 Å². The normalized spacial score (nSPS) is 33.6. The molecule has 1 aliphatic heterocycles. The maximum absolute atomic E-state index is 12.9. The van der Waals surface area contributed by atoms with Crippen molar-refractivity contribution in [3.05, 3.63) is 0 Å². The standard InChI is InChI=1S/C8H16FN/c1-6(2)3-7-4-10-5-8(7)9/h6-8,10H,3-5H2,1-2H3. The van der Waals surface area contributed by atoms with E-state index in [1.165, 1.54) is 0 Å². The van der Waals surface area contributed by atoms with Crippen molar-refractivity contribution in [3.63, 3.8) is 0 Å². The van der Waals surface area contributed by atoms with Crippen molar-refractivity contribution in [2.24, 2.45) is 11.8 Å². The maximum Gasteiger partial charge on any atom is 0.116 e. The number of alkyl halides is 1. The van der Waals surface area contributed by atoms with Gasteiger partial charge in [-0.1, -0.05) is 13.8 Å². The summed E-state index contributed by atoms with van der Waals surface area (Å²) in [6, 6.07) is 0. The van der Waals surface area contributed by atoms with Gasteiger partial charge in [-0.05, 0) is 12.3 Å². The SMILES string of the molecule is CC(C)CC1CNCC1F. The summed E-state index contributed by atoms with van der Waals surface area (Å²) in [5.74, 6) is 0.906. The molecular weight excluding hydrogens is 129 g/mol. The van der Waals surface area contributed by atoms with Crippen molar-refractivity contribution in [3.8, 4) is 0 Å². The fourth-order valence-corrected chi connectivity index (χ4v) is 1.54. The molecule has 60 valence electrons. The molecule has 0 aliphatic carbocycles. The molecule has 1 rings (SSSR count). The molecule has 2 atom stereocenters. The molecule has 2 unspecified atom stereocenters. The zero-order chi connectivity index (χ0) is 7.56. The number of nitrogens with one attached hydrogen (secondary N) is 1. The van der Waals surface area contributed by atoms with E-state index in [4.69, 9.17) is 0 Å². The van der Waals surface area contributed by atoms with Crippen molar-refractivity contribution < 1.29 is 4.39 Å². The van der Waals surface area contributed by atoms with E-state index in [1.807, 2.05) is 0 Å². The van der Waals surface area contributed by atoms with E-state index in [0.717, 1.165) is 13.0 Å². The van der Waals surface area contributed by atoms with Gasteiger partial charge in [0.15, 0.2) is 0 Å². The van der Waals surface area contributed by atoms with E-state index >= 15 is 0 Å². The topological polar surface area (TPSA) is 12.0 Å². The summed E-state index contributed by atoms with van der Waals surface area (Å²) in [6.45, 7) is 5.73. The van der Waals surface area contributed by atoms with Crippen LogP contribution in [0.5, 0.6) is 0 Å². The molecule has 1 heterocycles. The van der Waals surface area contributed by atoms with Gasteiger partial charge in [-0.15, -0.1) is 0 Å². The Balaban J connectivity index is 2.26. The minimum absolute atomic E-state index is 0.278. The van der Waals surface area contributed by atoms with Crippen LogP contribution in [0.2, 0.25) is 0 Å². The van der Waals surface area contributed by atoms with Gasteiger partial charge in [0.1, 0.15) is 6.17 Å². The second kappa shape index (κ2) is 3.33. The molecule has 1 fully saturated rings. The molecule has 1 nitrogen and oxygen atoms in total. The van der Waals surface area contributed by atoms with Gasteiger partial charge in [-0.2, -0.15) is 0 Å². The van der Waals surface area contributed by atoms with Crippen LogP contribution in [0.25, 0.3) is 0 Å². The Morgan fingerprint density at radius 2 is 2.20 bits per heavy atom. The summed E-state index contributed by atoms with van der Waals surface area (Å²) in [5, 5.41) is 3.05. The molecule has 0 bridgehead atoms. The highest BCUT2D eigenvalue weighted by Gasteiger charge is 2.26. The quantitative estimate of drug-likeness (QED) is 0.622. The lowest BCUT2D eigenvalue weighted by molar-refractivity contribution is 0.254. The predicted octanol–water partition coefficient (Wildman–Crippen LogP) is 1.59. The second-order valence-electron chi connectivity index (χ2n) is 3.56. The van der Waals surface area contributed by atoms with Crippen LogP contribution in [0.3, 0.4) is 0 Å². The van der Waals surface area contributed by atoms with E-state index < -0.39 is 6.17 Å². The first-order valence-corrected chi connectivity index (χ1v) is 4.05. The monoisotopic (exact) mass is 145 g/mol. The molecule has 0 aromatic heterocycles. The first-order chi connectivity index (χ1) is 4.70. The van der Waals surface area contributed by atoms with E-state index in [9.17, 15) is 4.39 Å². The maximum atomic E-state index is 12.9. The summed E-state index contributed by atoms with van der Waals surface area (Å²) >= 11 is 0. The first kappa shape index (κ1) is 7.99. The Bertz CT molecular complexity index is 103. The summed E-state index contributed by atoms with van der Waals surface area (Å²) in [5.41, 5.74) is 0. The third-order valence-corrected chi connectivity index (χ3v) is 2.03. The van der Waals surface area contributed by atoms with E-state index in [-0.39, 0.29) is 5.92 Å². The second-order valence-corrected chi connectivity index (χ2v) is 3.56. The molecule has 0 radical (unpaired) electrons. The van der Waals surface area contributed by atoms with Gasteiger partial charge in [-0.25, -0.2) is 4.39 Å². The van der Waals surface area contributed by atoms with Crippen molar-refractivity contribution in [1.29, 1.82) is 0 Å². The van der Waals surface area contributed by atoms with Gasteiger partial charge >= 0.3 is 0 Å². The van der Waals surface area contributed by atoms with Crippen LogP contribution < -0.4 is 5.32 Å². The predicted molar refractivity (Wildman–Crippen MR) is 40.7 cm³/mol. The lowest BCUT2D eigenvalue weighted by atomic mass is 9.95. The highest BCUT2D eigenvalue weighted by molar-refractivity contribution is 4.81. The summed E-state index contributed by atoms with van der Waals surface area (Å²) in [6.07, 6.45) is 0.427. The summed E-state index contributed by atoms with van der Waals surface area (Å²) in [7, 11) is 0. The van der Waals surface area contributed by atoms with Gasteiger partial charge in [0.25, 0.3) is 0 Å². The van der Waals surface area contributed by atoms with Crippen LogP contribution in [-0.4, -0.2) is 19.3 Å². The fourth-order valence-electron chi connectivity index (χ4n) is 1.54. The summed E-state index contributed by atoms with van der Waals surface area (Å²) < 4.78 is 12.9. The van der Waals surface area contributed by atoms with Crippen molar-refractivity contribution >= 4 is 0 Å². The molecule has 1 aliphatic rings. The average molecular weight is 145 g/mol. The number of halogens is 1. The van der Waals surface area contributed by atoms with Crippen LogP contribution in [0.4, 0.5) is 4.39 Å². The lowest BCUT2D eigenvalue weighted by Gasteiger charge is -2.13. The van der Waals surface area contributed by atoms with Crippen LogP contribution in [-0.2, 0) is 0 Å². The Hall–Kier alpha value is -0.110. The Morgan fingerprint density at radius 1 is 1.50 bits per heavy atom. The zero-order valence-corrected chi connectivity index (χ0v) is 6.73. The van der Waals surface area contributed by atoms with Gasteiger partial charge in [0, 0.05) is 19.0 Å². The lowest BCUT2D eigenvalue weighted by Crippen LogP contribution is -2.15. The average Bonchev–Trinajstić information content (AvgIpc) is 2.15. The number of rotatable bonds is 2. The van der Waals surface area contributed by atoms with E-state index in [1.54, 1.807) is 0 Å². The molecule has 10 heavy (non-hydrogen) atoms. The molecule has 1 N–H and O–H groups in total. The molecular formula is C8H16FN. The first-order valence-electron chi connectivity index (χ1n) is 4.05. The molecule has 1 saturated heterocycles. The zero-order valence-electron chi connectivity index (χ0n) is 6.73. The molecule has 0 amide bonds. The van der Waals surface area contributed by atoms with Crippen LogP contribution in [0.1, 0.15) is 20.3 Å². The third kappa shape index (κ3) is 1.94. The minimum atomic E-state index is -0.595. The Morgan fingerprint density at radius 3 is 2.60 bits per heavy atom. The van der Waals surface area contributed by atoms with Gasteiger partial charge < -0.3 is 5.32 Å². The van der Waals surface area contributed by atoms with Gasteiger partial charge in [-0.3, -0.25) is 0 Å². The fraction of sp³-hybridized carbons (Fsp3) is 1.00. The number of hydrogen-bond acceptors (Lipinski definition) is 1. The van der Waals surface area contributed by atoms with Crippen LogP contribution >= 0.6 is 0 Å². The number of hydrogen-bond donors (Lipinski definition) is 1. The van der Waals surface area contributed by atoms with Gasteiger partial charge in [0.05, 0.1) is 0 Å². The van der Waals surface area contributed by atoms with E-state index in [0.29, 0.717) is 12.5 Å². The largest absolute Gasteiger partial charge is 0.313 e. The van der Waals surface area contributed by atoms with Gasteiger partial charge in [0.2, 0.25) is 0 Å². The third-order valence-electron chi connectivity index (χ3n) is 2.03. The molecule has 2 heteroatoms. The van der Waals surface area contributed by atoms with Crippen LogP contribution in [0.15, 0.2) is 0 Å². The smallest absolute Gasteiger partial charge is 0.116 e. The van der Waals surface area contributed by atoms with Crippen molar-refractivity contribution in [1.82, 2.24) is 5.32 Å². The Labute approximate surface area is 62.0 Å². The van der Waals surface area contributed by atoms with Crippen molar-refractivity contribution in [2.45, 2.75) is 26.4 Å². The van der Waals surface area contributed by atoms with Crippen LogP contribution in [0, 0.1) is 11.8 Å².